The van der Waals surface area contributed by atoms with Crippen LogP contribution >= 0.6 is 22.6 Å². The highest BCUT2D eigenvalue weighted by molar-refractivity contribution is 14.1. The van der Waals surface area contributed by atoms with E-state index in [4.69, 9.17) is 4.74 Å². The number of ether oxygens (including phenoxy) is 2. The number of carbonyl (C=O) groups excluding carboxylic acids is 1. The molecule has 0 unspecified atom stereocenters. The number of aromatic nitrogens is 1. The Balaban J connectivity index is 3.22. The van der Waals surface area contributed by atoms with Crippen LogP contribution in [0.4, 0.5) is 13.2 Å². The van der Waals surface area contributed by atoms with Gasteiger partial charge in [-0.2, -0.15) is 0 Å². The van der Waals surface area contributed by atoms with Crippen LogP contribution in [0, 0.1) is 3.70 Å². The lowest BCUT2D eigenvalue weighted by molar-refractivity contribution is -0.275. The van der Waals surface area contributed by atoms with Gasteiger partial charge in [0.2, 0.25) is 5.88 Å². The van der Waals surface area contributed by atoms with Gasteiger partial charge in [-0.15, -0.1) is 13.2 Å². The molecule has 0 fully saturated rings. The number of pyridine rings is 1. The van der Waals surface area contributed by atoms with E-state index in [0.29, 0.717) is 0 Å². The molecule has 0 aliphatic rings. The third-order valence-electron chi connectivity index (χ3n) is 1.49. The number of carbonyl (C=O) groups is 1. The molecule has 1 heterocycles. The topological polar surface area (TPSA) is 48.4 Å². The van der Waals surface area contributed by atoms with Crippen LogP contribution in [0.3, 0.4) is 0 Å². The molecule has 0 bridgehead atoms. The summed E-state index contributed by atoms with van der Waals surface area (Å²) in [4.78, 5) is 14.3. The van der Waals surface area contributed by atoms with Crippen LogP contribution in [0.1, 0.15) is 10.4 Å². The molecule has 8 heteroatoms. The minimum absolute atomic E-state index is 0.0426. The summed E-state index contributed by atoms with van der Waals surface area (Å²) in [5.74, 6) is -0.579. The van der Waals surface area contributed by atoms with Crippen LogP contribution in [-0.2, 0) is 0 Å². The molecule has 0 aliphatic heterocycles. The van der Waals surface area contributed by atoms with E-state index in [-0.39, 0.29) is 21.4 Å². The third-order valence-corrected chi connectivity index (χ3v) is 2.22. The first-order chi connectivity index (χ1) is 7.37. The van der Waals surface area contributed by atoms with Gasteiger partial charge in [0.05, 0.1) is 12.7 Å². The number of methoxy groups -OCH3 is 1. The first kappa shape index (κ1) is 13.0. The standard InChI is InChI=1S/C8H5F3INO3/c1-15-5-2-4(3-14)6(7(12)13-5)16-8(9,10)11/h2-3H,1H3. The molecule has 88 valence electrons. The summed E-state index contributed by atoms with van der Waals surface area (Å²) < 4.78 is 44.4. The van der Waals surface area contributed by atoms with Gasteiger partial charge in [0.25, 0.3) is 0 Å². The lowest BCUT2D eigenvalue weighted by Crippen LogP contribution is -2.19. The first-order valence-electron chi connectivity index (χ1n) is 3.83. The fraction of sp³-hybridized carbons (Fsp3) is 0.250. The van der Waals surface area contributed by atoms with Gasteiger partial charge in [-0.05, 0) is 22.6 Å². The van der Waals surface area contributed by atoms with Crippen molar-refractivity contribution in [3.63, 3.8) is 0 Å². The largest absolute Gasteiger partial charge is 0.573 e. The third kappa shape index (κ3) is 3.22. The Morgan fingerprint density at radius 1 is 1.50 bits per heavy atom. The minimum Gasteiger partial charge on any atom is -0.481 e. The fourth-order valence-corrected chi connectivity index (χ4v) is 1.57. The summed E-state index contributed by atoms with van der Waals surface area (Å²) in [7, 11) is 1.29. The Bertz CT molecular complexity index is 408. The maximum absolute atomic E-state index is 12.0. The Labute approximate surface area is 102 Å². The molecule has 0 amide bonds. The molecule has 0 radical (unpaired) electrons. The van der Waals surface area contributed by atoms with Gasteiger partial charge in [0, 0.05) is 6.07 Å². The van der Waals surface area contributed by atoms with Crippen molar-refractivity contribution in [3.05, 3.63) is 15.3 Å². The molecule has 1 aromatic rings. The van der Waals surface area contributed by atoms with Gasteiger partial charge >= 0.3 is 6.36 Å². The molecule has 4 nitrogen and oxygen atoms in total. The number of alkyl halides is 3. The summed E-state index contributed by atoms with van der Waals surface area (Å²) in [6, 6.07) is 1.07. The van der Waals surface area contributed by atoms with E-state index in [2.05, 4.69) is 9.72 Å². The van der Waals surface area contributed by atoms with Crippen LogP contribution in [0.25, 0.3) is 0 Å². The van der Waals surface area contributed by atoms with Crippen LogP contribution in [0.15, 0.2) is 6.07 Å². The summed E-state index contributed by atoms with van der Waals surface area (Å²) in [6.45, 7) is 0. The molecule has 1 aromatic heterocycles. The second kappa shape index (κ2) is 4.85. The summed E-state index contributed by atoms with van der Waals surface area (Å²) >= 11 is 1.52. The van der Waals surface area contributed by atoms with Crippen molar-refractivity contribution < 1.29 is 27.4 Å². The second-order valence-electron chi connectivity index (χ2n) is 2.54. The molecular weight excluding hydrogens is 342 g/mol. The Kier molecular flexibility index (Phi) is 3.94. The van der Waals surface area contributed by atoms with E-state index in [9.17, 15) is 18.0 Å². The van der Waals surface area contributed by atoms with Gasteiger partial charge in [-0.25, -0.2) is 4.98 Å². The zero-order valence-corrected chi connectivity index (χ0v) is 10.00. The number of halogens is 4. The van der Waals surface area contributed by atoms with Gasteiger partial charge < -0.3 is 9.47 Å². The van der Waals surface area contributed by atoms with Gasteiger partial charge in [0.15, 0.2) is 12.0 Å². The Morgan fingerprint density at radius 3 is 2.56 bits per heavy atom. The summed E-state index contributed by atoms with van der Waals surface area (Å²) in [5.41, 5.74) is -0.270. The molecule has 0 saturated carbocycles. The molecule has 0 N–H and O–H groups in total. The van der Waals surface area contributed by atoms with E-state index in [1.165, 1.54) is 29.7 Å². The molecule has 0 atom stereocenters. The smallest absolute Gasteiger partial charge is 0.481 e. The van der Waals surface area contributed by atoms with Crippen LogP contribution in [0.5, 0.6) is 11.6 Å². The van der Waals surface area contributed by atoms with E-state index < -0.39 is 12.1 Å². The van der Waals surface area contributed by atoms with Crippen molar-refractivity contribution in [2.45, 2.75) is 6.36 Å². The maximum Gasteiger partial charge on any atom is 0.573 e. The number of hydrogen-bond donors (Lipinski definition) is 0. The zero-order valence-electron chi connectivity index (χ0n) is 7.84. The molecular formula is C8H5F3INO3. The predicted octanol–water partition coefficient (Wildman–Crippen LogP) is 2.41. The average molecular weight is 347 g/mol. The Hall–Kier alpha value is -1.06. The summed E-state index contributed by atoms with van der Waals surface area (Å²) in [5, 5.41) is 0. The van der Waals surface area contributed by atoms with Crippen LogP contribution < -0.4 is 9.47 Å². The van der Waals surface area contributed by atoms with Crippen molar-refractivity contribution in [1.29, 1.82) is 0 Å². The SMILES string of the molecule is COc1cc(C=O)c(OC(F)(F)F)c(I)n1. The highest BCUT2D eigenvalue weighted by atomic mass is 127. The van der Waals surface area contributed by atoms with Crippen molar-refractivity contribution >= 4 is 28.9 Å². The molecule has 0 spiro atoms. The molecule has 0 aromatic carbocycles. The lowest BCUT2D eigenvalue weighted by Gasteiger charge is -2.12. The monoisotopic (exact) mass is 347 g/mol. The molecule has 0 aliphatic carbocycles. The predicted molar refractivity (Wildman–Crippen MR) is 55.6 cm³/mol. The van der Waals surface area contributed by atoms with Gasteiger partial charge in [-0.1, -0.05) is 0 Å². The quantitative estimate of drug-likeness (QED) is 0.479. The minimum atomic E-state index is -4.87. The van der Waals surface area contributed by atoms with Crippen molar-refractivity contribution in [1.82, 2.24) is 4.98 Å². The molecule has 1 rings (SSSR count). The van der Waals surface area contributed by atoms with E-state index in [1.807, 2.05) is 0 Å². The van der Waals surface area contributed by atoms with Crippen LogP contribution in [-0.4, -0.2) is 24.7 Å². The maximum atomic E-state index is 12.0. The summed E-state index contributed by atoms with van der Waals surface area (Å²) in [6.07, 6.45) is -4.62. The van der Waals surface area contributed by atoms with Gasteiger partial charge in [-0.3, -0.25) is 4.79 Å². The van der Waals surface area contributed by atoms with E-state index >= 15 is 0 Å². The number of hydrogen-bond acceptors (Lipinski definition) is 4. The number of rotatable bonds is 3. The fourth-order valence-electron chi connectivity index (χ4n) is 0.906. The zero-order chi connectivity index (χ0) is 12.3. The van der Waals surface area contributed by atoms with Gasteiger partial charge in [0.1, 0.15) is 3.70 Å². The second-order valence-corrected chi connectivity index (χ2v) is 3.56. The number of nitrogens with zero attached hydrogens (tertiary/aromatic N) is 1. The van der Waals surface area contributed by atoms with Crippen molar-refractivity contribution in [3.8, 4) is 11.6 Å². The molecule has 0 saturated heterocycles. The highest BCUT2D eigenvalue weighted by Crippen LogP contribution is 2.31. The van der Waals surface area contributed by atoms with Crippen LogP contribution in [0.2, 0.25) is 0 Å². The average Bonchev–Trinajstić information content (AvgIpc) is 2.19. The lowest BCUT2D eigenvalue weighted by atomic mass is 10.3. The van der Waals surface area contributed by atoms with Crippen molar-refractivity contribution in [2.24, 2.45) is 0 Å². The van der Waals surface area contributed by atoms with E-state index in [1.54, 1.807) is 0 Å². The normalized spacial score (nSPS) is 11.1. The highest BCUT2D eigenvalue weighted by Gasteiger charge is 2.33. The molecule has 16 heavy (non-hydrogen) atoms. The van der Waals surface area contributed by atoms with Crippen molar-refractivity contribution in [2.75, 3.05) is 7.11 Å². The van der Waals surface area contributed by atoms with E-state index in [0.717, 1.165) is 6.07 Å². The number of aldehydes is 1. The Morgan fingerprint density at radius 2 is 2.12 bits per heavy atom. The first-order valence-corrected chi connectivity index (χ1v) is 4.90.